The molecule has 0 saturated heterocycles. The van der Waals surface area contributed by atoms with Crippen molar-refractivity contribution in [2.45, 2.75) is 58.0 Å². The van der Waals surface area contributed by atoms with Gasteiger partial charge in [-0.3, -0.25) is 4.79 Å². The van der Waals surface area contributed by atoms with E-state index in [-0.39, 0.29) is 5.92 Å². The Kier molecular flexibility index (Phi) is 4.40. The third kappa shape index (κ3) is 3.88. The molecule has 76 valence electrons. The van der Waals surface area contributed by atoms with Crippen molar-refractivity contribution in [2.24, 2.45) is 5.92 Å². The first-order valence-corrected chi connectivity index (χ1v) is 5.37. The molecule has 1 rings (SSSR count). The summed E-state index contributed by atoms with van der Waals surface area (Å²) in [6.45, 7) is 1.59. The highest BCUT2D eigenvalue weighted by molar-refractivity contribution is 5.81. The van der Waals surface area contributed by atoms with E-state index in [9.17, 15) is 9.18 Å². The van der Waals surface area contributed by atoms with E-state index >= 15 is 0 Å². The maximum absolute atomic E-state index is 12.5. The molecule has 13 heavy (non-hydrogen) atoms. The van der Waals surface area contributed by atoms with Crippen LogP contribution in [0.3, 0.4) is 0 Å². The molecular weight excluding hydrogens is 167 g/mol. The second-order valence-electron chi connectivity index (χ2n) is 4.12. The maximum atomic E-state index is 12.5. The number of Topliss-reactive ketones (excluding diaryl/α,β-unsaturated/α-hetero) is 1. The fraction of sp³-hybridized carbons (Fsp3) is 0.909. The zero-order valence-electron chi connectivity index (χ0n) is 8.39. The van der Waals surface area contributed by atoms with E-state index < -0.39 is 6.17 Å². The Morgan fingerprint density at radius 3 is 2.92 bits per heavy atom. The number of ketones is 1. The number of hydrogen-bond acceptors (Lipinski definition) is 1. The highest BCUT2D eigenvalue weighted by Crippen LogP contribution is 2.25. The smallest absolute Gasteiger partial charge is 0.135 e. The molecule has 2 atom stereocenters. The number of halogens is 1. The van der Waals surface area contributed by atoms with Crippen LogP contribution in [0.1, 0.15) is 51.9 Å². The van der Waals surface area contributed by atoms with Crippen LogP contribution in [0.2, 0.25) is 0 Å². The van der Waals surface area contributed by atoms with Gasteiger partial charge in [0, 0.05) is 12.3 Å². The van der Waals surface area contributed by atoms with Crippen LogP contribution >= 0.6 is 0 Å². The van der Waals surface area contributed by atoms with E-state index in [0.29, 0.717) is 12.2 Å². The van der Waals surface area contributed by atoms with Crippen molar-refractivity contribution in [1.82, 2.24) is 0 Å². The zero-order valence-corrected chi connectivity index (χ0v) is 8.39. The SMILES string of the molecule is CC(F)CCCC1CCCCC1=O. The van der Waals surface area contributed by atoms with Crippen molar-refractivity contribution >= 4 is 5.78 Å². The third-order valence-corrected chi connectivity index (χ3v) is 2.84. The van der Waals surface area contributed by atoms with Gasteiger partial charge in [0.2, 0.25) is 0 Å². The van der Waals surface area contributed by atoms with Crippen LogP contribution in [0.5, 0.6) is 0 Å². The molecule has 1 nitrogen and oxygen atoms in total. The van der Waals surface area contributed by atoms with E-state index in [1.807, 2.05) is 0 Å². The highest BCUT2D eigenvalue weighted by Gasteiger charge is 2.21. The highest BCUT2D eigenvalue weighted by atomic mass is 19.1. The van der Waals surface area contributed by atoms with Gasteiger partial charge >= 0.3 is 0 Å². The Morgan fingerprint density at radius 2 is 2.31 bits per heavy atom. The Bertz CT molecular complexity index is 165. The lowest BCUT2D eigenvalue weighted by atomic mass is 9.84. The first kappa shape index (κ1) is 10.7. The quantitative estimate of drug-likeness (QED) is 0.658. The average molecular weight is 186 g/mol. The Labute approximate surface area is 79.7 Å². The van der Waals surface area contributed by atoms with Crippen LogP contribution in [-0.4, -0.2) is 12.0 Å². The Balaban J connectivity index is 2.15. The Morgan fingerprint density at radius 1 is 1.54 bits per heavy atom. The van der Waals surface area contributed by atoms with Crippen molar-refractivity contribution in [3.8, 4) is 0 Å². The van der Waals surface area contributed by atoms with Crippen LogP contribution in [-0.2, 0) is 4.79 Å². The molecule has 2 unspecified atom stereocenters. The van der Waals surface area contributed by atoms with Gasteiger partial charge in [0.1, 0.15) is 5.78 Å². The predicted molar refractivity (Wildman–Crippen MR) is 51.4 cm³/mol. The van der Waals surface area contributed by atoms with Crippen molar-refractivity contribution in [1.29, 1.82) is 0 Å². The van der Waals surface area contributed by atoms with E-state index in [2.05, 4.69) is 0 Å². The Hall–Kier alpha value is -0.400. The van der Waals surface area contributed by atoms with Gasteiger partial charge in [-0.2, -0.15) is 0 Å². The zero-order chi connectivity index (χ0) is 9.68. The molecule has 0 N–H and O–H groups in total. The van der Waals surface area contributed by atoms with Gasteiger partial charge in [-0.05, 0) is 39.0 Å². The molecule has 1 aliphatic rings. The standard InChI is InChI=1S/C11H19FO/c1-9(12)5-4-7-10-6-2-3-8-11(10)13/h9-10H,2-8H2,1H3. The summed E-state index contributed by atoms with van der Waals surface area (Å²) in [6.07, 6.45) is 5.73. The van der Waals surface area contributed by atoms with Gasteiger partial charge in [-0.25, -0.2) is 4.39 Å². The minimum absolute atomic E-state index is 0.257. The summed E-state index contributed by atoms with van der Waals surface area (Å²) in [5.74, 6) is 0.672. The second-order valence-corrected chi connectivity index (χ2v) is 4.12. The van der Waals surface area contributed by atoms with Crippen LogP contribution in [0.4, 0.5) is 4.39 Å². The van der Waals surface area contributed by atoms with Gasteiger partial charge in [-0.1, -0.05) is 6.42 Å². The summed E-state index contributed by atoms with van der Waals surface area (Å²) < 4.78 is 12.5. The molecule has 0 radical (unpaired) electrons. The third-order valence-electron chi connectivity index (χ3n) is 2.84. The van der Waals surface area contributed by atoms with Crippen LogP contribution in [0.15, 0.2) is 0 Å². The lowest BCUT2D eigenvalue weighted by molar-refractivity contribution is -0.124. The predicted octanol–water partition coefficient (Wildman–Crippen LogP) is 3.27. The lowest BCUT2D eigenvalue weighted by Gasteiger charge is -2.20. The van der Waals surface area contributed by atoms with Crippen molar-refractivity contribution < 1.29 is 9.18 Å². The number of alkyl halides is 1. The first-order valence-electron chi connectivity index (χ1n) is 5.37. The summed E-state index contributed by atoms with van der Waals surface area (Å²) in [4.78, 5) is 11.4. The lowest BCUT2D eigenvalue weighted by Crippen LogP contribution is -2.18. The number of carbonyl (C=O) groups is 1. The largest absolute Gasteiger partial charge is 0.299 e. The molecule has 0 aliphatic heterocycles. The van der Waals surface area contributed by atoms with Gasteiger partial charge in [0.25, 0.3) is 0 Å². The first-order chi connectivity index (χ1) is 6.20. The number of carbonyl (C=O) groups excluding carboxylic acids is 1. The fourth-order valence-corrected chi connectivity index (χ4v) is 2.01. The molecule has 0 aromatic carbocycles. The molecule has 0 spiro atoms. The van der Waals surface area contributed by atoms with Crippen molar-refractivity contribution in [3.63, 3.8) is 0 Å². The van der Waals surface area contributed by atoms with Crippen molar-refractivity contribution in [3.05, 3.63) is 0 Å². The van der Waals surface area contributed by atoms with Crippen LogP contribution in [0, 0.1) is 5.92 Å². The van der Waals surface area contributed by atoms with Crippen LogP contribution < -0.4 is 0 Å². The van der Waals surface area contributed by atoms with E-state index in [4.69, 9.17) is 0 Å². The normalized spacial score (nSPS) is 26.0. The maximum Gasteiger partial charge on any atom is 0.135 e. The van der Waals surface area contributed by atoms with E-state index in [0.717, 1.165) is 32.1 Å². The molecule has 0 aromatic rings. The molecule has 1 fully saturated rings. The summed E-state index contributed by atoms with van der Waals surface area (Å²) in [5, 5.41) is 0. The average Bonchev–Trinajstić information content (AvgIpc) is 2.08. The molecule has 0 bridgehead atoms. The van der Waals surface area contributed by atoms with E-state index in [1.165, 1.54) is 6.42 Å². The number of rotatable bonds is 4. The van der Waals surface area contributed by atoms with Gasteiger partial charge in [-0.15, -0.1) is 0 Å². The molecule has 2 heteroatoms. The molecule has 0 heterocycles. The number of hydrogen-bond donors (Lipinski definition) is 0. The van der Waals surface area contributed by atoms with Crippen molar-refractivity contribution in [2.75, 3.05) is 0 Å². The monoisotopic (exact) mass is 186 g/mol. The second kappa shape index (κ2) is 5.36. The van der Waals surface area contributed by atoms with Crippen LogP contribution in [0.25, 0.3) is 0 Å². The molecular formula is C11H19FO. The summed E-state index contributed by atoms with van der Waals surface area (Å²) in [7, 11) is 0. The molecule has 1 aliphatic carbocycles. The summed E-state index contributed by atoms with van der Waals surface area (Å²) >= 11 is 0. The topological polar surface area (TPSA) is 17.1 Å². The minimum Gasteiger partial charge on any atom is -0.299 e. The molecule has 1 saturated carbocycles. The summed E-state index contributed by atoms with van der Waals surface area (Å²) in [6, 6.07) is 0. The fourth-order valence-electron chi connectivity index (χ4n) is 2.01. The minimum atomic E-state index is -0.710. The van der Waals surface area contributed by atoms with Gasteiger partial charge < -0.3 is 0 Å². The summed E-state index contributed by atoms with van der Waals surface area (Å²) in [5.41, 5.74) is 0. The van der Waals surface area contributed by atoms with Gasteiger partial charge in [0.05, 0.1) is 6.17 Å². The van der Waals surface area contributed by atoms with Gasteiger partial charge in [0.15, 0.2) is 0 Å². The van der Waals surface area contributed by atoms with E-state index in [1.54, 1.807) is 6.92 Å². The molecule has 0 aromatic heterocycles. The molecule has 0 amide bonds.